The normalized spacial score (nSPS) is 10.4. The summed E-state index contributed by atoms with van der Waals surface area (Å²) in [6.45, 7) is 2.29. The SMILES string of the molecule is COc1ccc(NC(=O)c2cccn(Cc3ccccc3C)c2=O)cc1[N+](=O)[O-]. The van der Waals surface area contributed by atoms with Gasteiger partial charge in [0, 0.05) is 18.0 Å². The third-order valence-corrected chi connectivity index (χ3v) is 4.50. The largest absolute Gasteiger partial charge is 0.490 e. The first kappa shape index (κ1) is 19.8. The van der Waals surface area contributed by atoms with Crippen molar-refractivity contribution in [3.05, 3.63) is 98.0 Å². The number of amides is 1. The Morgan fingerprint density at radius 1 is 1.17 bits per heavy atom. The highest BCUT2D eigenvalue weighted by atomic mass is 16.6. The number of methoxy groups -OCH3 is 1. The molecule has 0 saturated heterocycles. The number of carbonyl (C=O) groups is 1. The van der Waals surface area contributed by atoms with Crippen LogP contribution in [0.25, 0.3) is 0 Å². The zero-order valence-corrected chi connectivity index (χ0v) is 15.9. The second kappa shape index (κ2) is 8.39. The molecule has 8 heteroatoms. The Labute approximate surface area is 166 Å². The van der Waals surface area contributed by atoms with E-state index in [1.165, 1.54) is 35.9 Å². The van der Waals surface area contributed by atoms with Crippen LogP contribution in [0.1, 0.15) is 21.5 Å². The molecule has 1 amide bonds. The summed E-state index contributed by atoms with van der Waals surface area (Å²) in [4.78, 5) is 35.9. The minimum absolute atomic E-state index is 0.0560. The van der Waals surface area contributed by atoms with E-state index in [2.05, 4.69) is 5.32 Å². The van der Waals surface area contributed by atoms with Gasteiger partial charge in [-0.15, -0.1) is 0 Å². The molecule has 1 heterocycles. The fraction of sp³-hybridized carbons (Fsp3) is 0.143. The highest BCUT2D eigenvalue weighted by molar-refractivity contribution is 6.04. The molecule has 0 fully saturated rings. The van der Waals surface area contributed by atoms with Crippen LogP contribution in [0.2, 0.25) is 0 Å². The average Bonchev–Trinajstić information content (AvgIpc) is 2.71. The van der Waals surface area contributed by atoms with Gasteiger partial charge in [-0.1, -0.05) is 24.3 Å². The van der Waals surface area contributed by atoms with Gasteiger partial charge in [0.15, 0.2) is 5.75 Å². The van der Waals surface area contributed by atoms with Crippen molar-refractivity contribution in [2.75, 3.05) is 12.4 Å². The van der Waals surface area contributed by atoms with Crippen LogP contribution in [0, 0.1) is 17.0 Å². The van der Waals surface area contributed by atoms with Crippen LogP contribution in [0.15, 0.2) is 65.6 Å². The van der Waals surface area contributed by atoms with Gasteiger partial charge in [0.05, 0.1) is 18.6 Å². The van der Waals surface area contributed by atoms with Crippen molar-refractivity contribution in [3.8, 4) is 5.75 Å². The van der Waals surface area contributed by atoms with Gasteiger partial charge in [-0.2, -0.15) is 0 Å². The highest BCUT2D eigenvalue weighted by Crippen LogP contribution is 2.29. The Morgan fingerprint density at radius 3 is 2.62 bits per heavy atom. The number of benzene rings is 2. The summed E-state index contributed by atoms with van der Waals surface area (Å²) in [6, 6.07) is 14.8. The van der Waals surface area contributed by atoms with E-state index in [4.69, 9.17) is 4.74 Å². The van der Waals surface area contributed by atoms with Crippen molar-refractivity contribution in [2.24, 2.45) is 0 Å². The van der Waals surface area contributed by atoms with E-state index in [1.807, 2.05) is 31.2 Å². The monoisotopic (exact) mass is 393 g/mol. The summed E-state index contributed by atoms with van der Waals surface area (Å²) >= 11 is 0. The zero-order valence-electron chi connectivity index (χ0n) is 15.9. The van der Waals surface area contributed by atoms with E-state index < -0.39 is 16.4 Å². The van der Waals surface area contributed by atoms with Crippen molar-refractivity contribution in [2.45, 2.75) is 13.5 Å². The predicted molar refractivity (Wildman–Crippen MR) is 109 cm³/mol. The molecule has 0 saturated carbocycles. The summed E-state index contributed by atoms with van der Waals surface area (Å²) in [6.07, 6.45) is 1.61. The summed E-state index contributed by atoms with van der Waals surface area (Å²) in [5, 5.41) is 13.7. The number of ether oxygens (including phenoxy) is 1. The second-order valence-electron chi connectivity index (χ2n) is 6.38. The Bertz CT molecular complexity index is 1140. The molecule has 0 radical (unpaired) electrons. The van der Waals surface area contributed by atoms with Crippen LogP contribution >= 0.6 is 0 Å². The quantitative estimate of drug-likeness (QED) is 0.511. The summed E-state index contributed by atoms with van der Waals surface area (Å²) < 4.78 is 6.40. The number of nitrogens with one attached hydrogen (secondary N) is 1. The van der Waals surface area contributed by atoms with E-state index in [0.29, 0.717) is 6.54 Å². The van der Waals surface area contributed by atoms with Crippen molar-refractivity contribution < 1.29 is 14.5 Å². The van der Waals surface area contributed by atoms with Crippen molar-refractivity contribution in [3.63, 3.8) is 0 Å². The van der Waals surface area contributed by atoms with E-state index >= 15 is 0 Å². The van der Waals surface area contributed by atoms with Crippen LogP contribution < -0.4 is 15.6 Å². The molecule has 0 spiro atoms. The van der Waals surface area contributed by atoms with Crippen LogP contribution in [0.5, 0.6) is 5.75 Å². The van der Waals surface area contributed by atoms with Gasteiger partial charge < -0.3 is 14.6 Å². The molecule has 0 unspecified atom stereocenters. The van der Waals surface area contributed by atoms with Gasteiger partial charge >= 0.3 is 5.69 Å². The maximum atomic E-state index is 12.8. The Morgan fingerprint density at radius 2 is 1.93 bits per heavy atom. The van der Waals surface area contributed by atoms with Crippen LogP contribution in [-0.2, 0) is 6.54 Å². The maximum absolute atomic E-state index is 12.8. The van der Waals surface area contributed by atoms with E-state index in [1.54, 1.807) is 12.3 Å². The lowest BCUT2D eigenvalue weighted by atomic mass is 10.1. The number of nitro benzene ring substituents is 1. The number of rotatable bonds is 6. The topological polar surface area (TPSA) is 103 Å². The fourth-order valence-corrected chi connectivity index (χ4v) is 2.91. The Balaban J connectivity index is 1.87. The van der Waals surface area contributed by atoms with Crippen LogP contribution in [-0.4, -0.2) is 22.5 Å². The lowest BCUT2D eigenvalue weighted by molar-refractivity contribution is -0.385. The number of aryl methyl sites for hydroxylation is 1. The third-order valence-electron chi connectivity index (χ3n) is 4.50. The van der Waals surface area contributed by atoms with E-state index in [-0.39, 0.29) is 22.7 Å². The molecule has 29 heavy (non-hydrogen) atoms. The molecule has 0 bridgehead atoms. The van der Waals surface area contributed by atoms with E-state index in [0.717, 1.165) is 11.1 Å². The standard InChI is InChI=1S/C21H19N3O5/c1-14-6-3-4-7-15(14)13-23-11-5-8-17(21(23)26)20(25)22-16-9-10-19(29-2)18(12-16)24(27)28/h3-12H,13H2,1-2H3,(H,22,25). The number of pyridine rings is 1. The summed E-state index contributed by atoms with van der Waals surface area (Å²) in [5.41, 5.74) is 1.42. The number of aromatic nitrogens is 1. The van der Waals surface area contributed by atoms with Gasteiger partial charge in [-0.25, -0.2) is 0 Å². The first-order chi connectivity index (χ1) is 13.9. The molecule has 0 atom stereocenters. The predicted octanol–water partition coefficient (Wildman–Crippen LogP) is 3.37. The molecular weight excluding hydrogens is 374 g/mol. The number of carbonyl (C=O) groups excluding carboxylic acids is 1. The summed E-state index contributed by atoms with van der Waals surface area (Å²) in [5.74, 6) is -0.568. The first-order valence-electron chi connectivity index (χ1n) is 8.78. The molecule has 0 aliphatic carbocycles. The van der Waals surface area contributed by atoms with Crippen molar-refractivity contribution >= 4 is 17.3 Å². The lowest BCUT2D eigenvalue weighted by Gasteiger charge is -2.11. The third kappa shape index (κ3) is 4.32. The van der Waals surface area contributed by atoms with Gasteiger partial charge in [-0.05, 0) is 42.3 Å². The number of nitrogens with zero attached hydrogens (tertiary/aromatic N) is 2. The first-order valence-corrected chi connectivity index (χ1v) is 8.78. The molecule has 3 rings (SSSR count). The second-order valence-corrected chi connectivity index (χ2v) is 6.38. The summed E-state index contributed by atoms with van der Waals surface area (Å²) in [7, 11) is 1.32. The number of nitro groups is 1. The molecule has 148 valence electrons. The number of hydrogen-bond donors (Lipinski definition) is 1. The van der Waals surface area contributed by atoms with Gasteiger partial charge in [0.2, 0.25) is 0 Å². The van der Waals surface area contributed by atoms with Crippen molar-refractivity contribution in [1.29, 1.82) is 0 Å². The molecule has 1 aromatic heterocycles. The number of hydrogen-bond acceptors (Lipinski definition) is 5. The van der Waals surface area contributed by atoms with Gasteiger partial charge in [-0.3, -0.25) is 19.7 Å². The van der Waals surface area contributed by atoms with E-state index in [9.17, 15) is 19.7 Å². The molecule has 8 nitrogen and oxygen atoms in total. The average molecular weight is 393 g/mol. The number of anilines is 1. The van der Waals surface area contributed by atoms with Gasteiger partial charge in [0.25, 0.3) is 11.5 Å². The molecule has 1 N–H and O–H groups in total. The maximum Gasteiger partial charge on any atom is 0.312 e. The zero-order chi connectivity index (χ0) is 21.0. The minimum Gasteiger partial charge on any atom is -0.490 e. The van der Waals surface area contributed by atoms with Crippen LogP contribution in [0.3, 0.4) is 0 Å². The van der Waals surface area contributed by atoms with Gasteiger partial charge in [0.1, 0.15) is 5.56 Å². The molecule has 2 aromatic carbocycles. The van der Waals surface area contributed by atoms with Crippen molar-refractivity contribution in [1.82, 2.24) is 4.57 Å². The lowest BCUT2D eigenvalue weighted by Crippen LogP contribution is -2.29. The Kier molecular flexibility index (Phi) is 5.73. The fourth-order valence-electron chi connectivity index (χ4n) is 2.91. The molecule has 0 aliphatic heterocycles. The molecular formula is C21H19N3O5. The smallest absolute Gasteiger partial charge is 0.312 e. The minimum atomic E-state index is -0.645. The Hall–Kier alpha value is -3.94. The molecule has 0 aliphatic rings. The van der Waals surface area contributed by atoms with Crippen LogP contribution in [0.4, 0.5) is 11.4 Å². The molecule has 3 aromatic rings. The highest BCUT2D eigenvalue weighted by Gasteiger charge is 2.18.